The number of thioether (sulfide) groups is 1. The molecule has 0 bridgehead atoms. The average molecular weight is 233 g/mol. The highest BCUT2D eigenvalue weighted by Gasteiger charge is 2.24. The van der Waals surface area contributed by atoms with Gasteiger partial charge in [0.25, 0.3) is 11.1 Å². The minimum absolute atomic E-state index is 0.209. The van der Waals surface area contributed by atoms with Crippen molar-refractivity contribution in [1.82, 2.24) is 4.90 Å². The number of imide groups is 1. The maximum atomic E-state index is 12.0. The maximum absolute atomic E-state index is 12.0. The van der Waals surface area contributed by atoms with Gasteiger partial charge in [-0.25, -0.2) is 4.90 Å². The van der Waals surface area contributed by atoms with Gasteiger partial charge in [-0.3, -0.25) is 9.59 Å². The van der Waals surface area contributed by atoms with Gasteiger partial charge in [-0.1, -0.05) is 30.0 Å². The molecule has 0 aromatic heterocycles. The van der Waals surface area contributed by atoms with Crippen LogP contribution in [-0.4, -0.2) is 21.8 Å². The van der Waals surface area contributed by atoms with E-state index in [1.54, 1.807) is 30.5 Å². The summed E-state index contributed by atoms with van der Waals surface area (Å²) < 4.78 is 0. The molecule has 0 spiro atoms. The third kappa shape index (κ3) is 2.17. The van der Waals surface area contributed by atoms with E-state index >= 15 is 0 Å². The summed E-state index contributed by atoms with van der Waals surface area (Å²) in [6, 6.07) is 8.82. The maximum Gasteiger partial charge on any atom is 0.292 e. The van der Waals surface area contributed by atoms with Crippen LogP contribution in [0.1, 0.15) is 17.3 Å². The van der Waals surface area contributed by atoms with Crippen LogP contribution in [0.15, 0.2) is 42.1 Å². The summed E-state index contributed by atoms with van der Waals surface area (Å²) in [6.45, 7) is 1.91. The van der Waals surface area contributed by atoms with Crippen LogP contribution in [-0.2, 0) is 0 Å². The van der Waals surface area contributed by atoms with Crippen LogP contribution < -0.4 is 0 Å². The van der Waals surface area contributed by atoms with Crippen molar-refractivity contribution in [3.05, 3.63) is 47.7 Å². The molecule has 0 radical (unpaired) electrons. The average Bonchev–Trinajstić information content (AvgIpc) is 2.32. The van der Waals surface area contributed by atoms with Crippen LogP contribution >= 0.6 is 11.8 Å². The van der Waals surface area contributed by atoms with E-state index in [4.69, 9.17) is 0 Å². The molecule has 1 aliphatic heterocycles. The van der Waals surface area contributed by atoms with Crippen molar-refractivity contribution < 1.29 is 9.59 Å². The normalized spacial score (nSPS) is 15.9. The number of hydrogen-bond donors (Lipinski definition) is 0. The fourth-order valence-electron chi connectivity index (χ4n) is 1.42. The van der Waals surface area contributed by atoms with Crippen LogP contribution in [0.4, 0.5) is 4.79 Å². The summed E-state index contributed by atoms with van der Waals surface area (Å²) in [5.74, 6) is 0.398. The fraction of sp³-hybridized carbons (Fsp3) is 0.167. The van der Waals surface area contributed by atoms with E-state index in [-0.39, 0.29) is 11.1 Å². The van der Waals surface area contributed by atoms with E-state index in [9.17, 15) is 9.59 Å². The smallest absolute Gasteiger partial charge is 0.268 e. The summed E-state index contributed by atoms with van der Waals surface area (Å²) in [4.78, 5) is 24.8. The topological polar surface area (TPSA) is 37.4 Å². The molecule has 1 aromatic carbocycles. The van der Waals surface area contributed by atoms with E-state index in [2.05, 4.69) is 0 Å². The van der Waals surface area contributed by atoms with Gasteiger partial charge in [-0.05, 0) is 24.6 Å². The van der Waals surface area contributed by atoms with Crippen molar-refractivity contribution in [2.75, 3.05) is 5.75 Å². The Hall–Kier alpha value is -1.55. The molecule has 1 aliphatic rings. The summed E-state index contributed by atoms with van der Waals surface area (Å²) in [7, 11) is 0. The van der Waals surface area contributed by atoms with Gasteiger partial charge in [0.1, 0.15) is 0 Å². The second-order valence-corrected chi connectivity index (χ2v) is 4.50. The third-order valence-electron chi connectivity index (χ3n) is 2.21. The minimum atomic E-state index is -0.267. The lowest BCUT2D eigenvalue weighted by Gasteiger charge is -2.21. The molecule has 3 nitrogen and oxygen atoms in total. The van der Waals surface area contributed by atoms with Gasteiger partial charge in [0, 0.05) is 17.5 Å². The van der Waals surface area contributed by atoms with Gasteiger partial charge in [-0.2, -0.15) is 0 Å². The Morgan fingerprint density at radius 1 is 1.31 bits per heavy atom. The van der Waals surface area contributed by atoms with Gasteiger partial charge in [0.2, 0.25) is 0 Å². The first-order valence-electron chi connectivity index (χ1n) is 4.91. The Labute approximate surface area is 98.1 Å². The quantitative estimate of drug-likeness (QED) is 0.748. The summed E-state index contributed by atoms with van der Waals surface area (Å²) in [6.07, 6.45) is 1.62. The lowest BCUT2D eigenvalue weighted by molar-refractivity contribution is 0.0866. The largest absolute Gasteiger partial charge is 0.292 e. The molecule has 0 saturated heterocycles. The van der Waals surface area contributed by atoms with Crippen LogP contribution in [0.2, 0.25) is 0 Å². The van der Waals surface area contributed by atoms with Gasteiger partial charge in [-0.15, -0.1) is 0 Å². The van der Waals surface area contributed by atoms with Crippen molar-refractivity contribution in [2.45, 2.75) is 6.92 Å². The van der Waals surface area contributed by atoms with Gasteiger partial charge in [0.05, 0.1) is 0 Å². The lowest BCUT2D eigenvalue weighted by atomic mass is 10.2. The minimum Gasteiger partial charge on any atom is -0.268 e. The predicted octanol–water partition coefficient (Wildman–Crippen LogP) is 2.90. The summed E-state index contributed by atoms with van der Waals surface area (Å²) >= 11 is 1.16. The molecule has 4 heteroatoms. The van der Waals surface area contributed by atoms with Crippen molar-refractivity contribution in [2.24, 2.45) is 0 Å². The fourth-order valence-corrected chi connectivity index (χ4v) is 2.12. The molecule has 82 valence electrons. The first-order valence-corrected chi connectivity index (χ1v) is 5.89. The molecule has 1 heterocycles. The summed E-state index contributed by atoms with van der Waals surface area (Å²) in [5, 5.41) is -0.209. The van der Waals surface area contributed by atoms with Crippen LogP contribution in [0.25, 0.3) is 0 Å². The highest BCUT2D eigenvalue weighted by molar-refractivity contribution is 8.13. The zero-order valence-electron chi connectivity index (χ0n) is 8.84. The van der Waals surface area contributed by atoms with Crippen molar-refractivity contribution in [3.8, 4) is 0 Å². The lowest BCUT2D eigenvalue weighted by Crippen LogP contribution is -2.32. The molecule has 0 N–H and O–H groups in total. The van der Waals surface area contributed by atoms with E-state index in [0.717, 1.165) is 17.3 Å². The Kier molecular flexibility index (Phi) is 3.10. The van der Waals surface area contributed by atoms with E-state index in [0.29, 0.717) is 11.3 Å². The van der Waals surface area contributed by atoms with Gasteiger partial charge < -0.3 is 0 Å². The number of hydrogen-bond acceptors (Lipinski definition) is 3. The Bertz CT molecular complexity index is 453. The first kappa shape index (κ1) is 11.0. The number of carbonyl (C=O) groups excluding carboxylic acids is 2. The molecule has 0 fully saturated rings. The van der Waals surface area contributed by atoms with E-state index in [1.807, 2.05) is 13.0 Å². The van der Waals surface area contributed by atoms with Crippen LogP contribution in [0, 0.1) is 0 Å². The van der Waals surface area contributed by atoms with E-state index in [1.165, 1.54) is 4.90 Å². The van der Waals surface area contributed by atoms with Crippen molar-refractivity contribution in [1.29, 1.82) is 0 Å². The monoisotopic (exact) mass is 233 g/mol. The predicted molar refractivity (Wildman–Crippen MR) is 64.2 cm³/mol. The standard InChI is InChI=1S/C12H11NO2S/c1-9-7-13(12(15)16-8-9)11(14)10-5-3-2-4-6-10/h2-7H,8H2,1H3. The molecule has 16 heavy (non-hydrogen) atoms. The molecule has 0 unspecified atom stereocenters. The Balaban J connectivity index is 2.28. The Morgan fingerprint density at radius 2 is 2.00 bits per heavy atom. The Morgan fingerprint density at radius 3 is 2.69 bits per heavy atom. The van der Waals surface area contributed by atoms with Gasteiger partial charge >= 0.3 is 0 Å². The number of rotatable bonds is 1. The molecule has 0 saturated carbocycles. The number of nitrogens with zero attached hydrogens (tertiary/aromatic N) is 1. The first-order chi connectivity index (χ1) is 7.68. The number of carbonyl (C=O) groups is 2. The molecule has 0 aliphatic carbocycles. The zero-order valence-corrected chi connectivity index (χ0v) is 9.66. The molecule has 1 aromatic rings. The molecular formula is C12H11NO2S. The van der Waals surface area contributed by atoms with E-state index < -0.39 is 0 Å². The molecule has 2 rings (SSSR count). The van der Waals surface area contributed by atoms with Crippen LogP contribution in [0.3, 0.4) is 0 Å². The second-order valence-electron chi connectivity index (χ2n) is 3.57. The molecule has 0 atom stereocenters. The van der Waals surface area contributed by atoms with Crippen molar-refractivity contribution in [3.63, 3.8) is 0 Å². The second kappa shape index (κ2) is 4.53. The highest BCUT2D eigenvalue weighted by Crippen LogP contribution is 2.22. The van der Waals surface area contributed by atoms with Gasteiger partial charge in [0.15, 0.2) is 0 Å². The molecule has 2 amide bonds. The summed E-state index contributed by atoms with van der Waals surface area (Å²) in [5.41, 5.74) is 1.55. The zero-order chi connectivity index (χ0) is 11.5. The number of amides is 2. The molecular weight excluding hydrogens is 222 g/mol. The third-order valence-corrected chi connectivity index (χ3v) is 3.25. The van der Waals surface area contributed by atoms with Crippen LogP contribution in [0.5, 0.6) is 0 Å². The van der Waals surface area contributed by atoms with Crippen molar-refractivity contribution >= 4 is 22.9 Å². The highest BCUT2D eigenvalue weighted by atomic mass is 32.2. The number of benzene rings is 1. The SMILES string of the molecule is CC1=CN(C(=O)c2ccccc2)C(=O)SC1.